The van der Waals surface area contributed by atoms with Gasteiger partial charge in [-0.2, -0.15) is 5.10 Å². The molecule has 0 aromatic carbocycles. The molecule has 3 aromatic heterocycles. The molecule has 2 aliphatic rings. The zero-order valence-corrected chi connectivity index (χ0v) is 18.4. The molecule has 0 spiro atoms. The van der Waals surface area contributed by atoms with Gasteiger partial charge in [-0.1, -0.05) is 33.1 Å². The van der Waals surface area contributed by atoms with Gasteiger partial charge in [0.25, 0.3) is 5.91 Å². The third kappa shape index (κ3) is 3.41. The van der Waals surface area contributed by atoms with Crippen LogP contribution in [0.3, 0.4) is 0 Å². The lowest BCUT2D eigenvalue weighted by molar-refractivity contribution is 0.0701. The summed E-state index contributed by atoms with van der Waals surface area (Å²) in [5, 5.41) is 7.90. The fraction of sp³-hybridized carbons (Fsp3) is 0.565. The average Bonchev–Trinajstić information content (AvgIpc) is 3.38. The van der Waals surface area contributed by atoms with Gasteiger partial charge in [0.15, 0.2) is 0 Å². The van der Waals surface area contributed by atoms with Crippen LogP contribution in [0.4, 0.5) is 0 Å². The van der Waals surface area contributed by atoms with Gasteiger partial charge in [0.2, 0.25) is 0 Å². The lowest BCUT2D eigenvalue weighted by atomic mass is 9.76. The SMILES string of the molecule is CN(C(=O)c1cc2[nH]c(-c3n[nH]c4c3CCC(C)(C)C4)cc2s1)C1CCCCC1. The maximum atomic E-state index is 13.0. The molecule has 29 heavy (non-hydrogen) atoms. The highest BCUT2D eigenvalue weighted by molar-refractivity contribution is 7.20. The molecule has 1 amide bonds. The Hall–Kier alpha value is -2.08. The smallest absolute Gasteiger partial charge is 0.264 e. The molecule has 0 saturated heterocycles. The number of nitrogens with one attached hydrogen (secondary N) is 2. The van der Waals surface area contributed by atoms with Gasteiger partial charge in [-0.3, -0.25) is 9.89 Å². The van der Waals surface area contributed by atoms with E-state index in [1.807, 2.05) is 18.0 Å². The number of fused-ring (bicyclic) bond motifs is 2. The van der Waals surface area contributed by atoms with Crippen LogP contribution in [0.15, 0.2) is 12.1 Å². The van der Waals surface area contributed by atoms with Crippen molar-refractivity contribution in [2.24, 2.45) is 5.41 Å². The van der Waals surface area contributed by atoms with Gasteiger partial charge in [0.05, 0.1) is 20.8 Å². The monoisotopic (exact) mass is 410 g/mol. The summed E-state index contributed by atoms with van der Waals surface area (Å²) in [6.07, 6.45) is 9.36. The number of hydrogen-bond acceptors (Lipinski definition) is 3. The lowest BCUT2D eigenvalue weighted by Gasteiger charge is -2.30. The molecule has 0 aliphatic heterocycles. The molecule has 154 valence electrons. The first-order chi connectivity index (χ1) is 13.9. The molecular weight excluding hydrogens is 380 g/mol. The van der Waals surface area contributed by atoms with Crippen molar-refractivity contribution in [3.8, 4) is 11.4 Å². The van der Waals surface area contributed by atoms with Gasteiger partial charge in [-0.15, -0.1) is 11.3 Å². The van der Waals surface area contributed by atoms with E-state index in [2.05, 4.69) is 35.1 Å². The molecule has 0 atom stereocenters. The molecule has 5 nitrogen and oxygen atoms in total. The Bertz CT molecular complexity index is 1020. The number of thiophene rings is 1. The van der Waals surface area contributed by atoms with Gasteiger partial charge < -0.3 is 9.88 Å². The third-order valence-electron chi connectivity index (χ3n) is 6.87. The summed E-state index contributed by atoms with van der Waals surface area (Å²) in [7, 11) is 1.97. The molecule has 3 heterocycles. The Morgan fingerprint density at radius 3 is 2.79 bits per heavy atom. The number of aromatic nitrogens is 3. The highest BCUT2D eigenvalue weighted by atomic mass is 32.1. The van der Waals surface area contributed by atoms with E-state index in [1.54, 1.807) is 11.3 Å². The zero-order chi connectivity index (χ0) is 20.2. The number of amides is 1. The summed E-state index contributed by atoms with van der Waals surface area (Å²) >= 11 is 1.59. The predicted molar refractivity (Wildman–Crippen MR) is 119 cm³/mol. The summed E-state index contributed by atoms with van der Waals surface area (Å²) < 4.78 is 1.13. The van der Waals surface area contributed by atoms with E-state index >= 15 is 0 Å². The molecular formula is C23H30N4OS. The van der Waals surface area contributed by atoms with Crippen molar-refractivity contribution in [3.63, 3.8) is 0 Å². The van der Waals surface area contributed by atoms with Crippen LogP contribution in [0.1, 0.15) is 73.3 Å². The molecule has 5 rings (SSSR count). The number of carbonyl (C=O) groups is 1. The van der Waals surface area contributed by atoms with Gasteiger partial charge in [-0.05, 0) is 49.7 Å². The molecule has 2 aliphatic carbocycles. The van der Waals surface area contributed by atoms with Crippen LogP contribution in [0.2, 0.25) is 0 Å². The number of H-pyrrole nitrogens is 2. The van der Waals surface area contributed by atoms with E-state index in [1.165, 1.54) is 36.9 Å². The van der Waals surface area contributed by atoms with Gasteiger partial charge in [0.1, 0.15) is 5.69 Å². The largest absolute Gasteiger partial charge is 0.352 e. The normalized spacial score (nSPS) is 19.4. The van der Waals surface area contributed by atoms with E-state index in [0.29, 0.717) is 11.5 Å². The van der Waals surface area contributed by atoms with Crippen LogP contribution in [0, 0.1) is 5.41 Å². The highest BCUT2D eigenvalue weighted by Gasteiger charge is 2.30. The quantitative estimate of drug-likeness (QED) is 0.595. The summed E-state index contributed by atoms with van der Waals surface area (Å²) in [5.74, 6) is 0.160. The summed E-state index contributed by atoms with van der Waals surface area (Å²) in [6, 6.07) is 4.58. The first-order valence-corrected chi connectivity index (χ1v) is 11.7. The second kappa shape index (κ2) is 7.01. The van der Waals surface area contributed by atoms with Crippen LogP contribution in [0.25, 0.3) is 21.6 Å². The maximum absolute atomic E-state index is 13.0. The Labute approximate surface area is 175 Å². The predicted octanol–water partition coefficient (Wildman–Crippen LogP) is 5.54. The number of nitrogens with zero attached hydrogens (tertiary/aromatic N) is 2. The molecule has 0 bridgehead atoms. The summed E-state index contributed by atoms with van der Waals surface area (Å²) in [5.41, 5.74) is 6.12. The van der Waals surface area contributed by atoms with E-state index in [4.69, 9.17) is 0 Å². The Morgan fingerprint density at radius 2 is 2.03 bits per heavy atom. The van der Waals surface area contributed by atoms with Crippen molar-refractivity contribution in [2.45, 2.75) is 71.3 Å². The molecule has 2 N–H and O–H groups in total. The van der Waals surface area contributed by atoms with E-state index in [9.17, 15) is 4.79 Å². The fourth-order valence-electron chi connectivity index (χ4n) is 5.03. The van der Waals surface area contributed by atoms with Crippen molar-refractivity contribution in [3.05, 3.63) is 28.3 Å². The highest BCUT2D eigenvalue weighted by Crippen LogP contribution is 2.39. The Balaban J connectivity index is 1.39. The van der Waals surface area contributed by atoms with Crippen LogP contribution >= 0.6 is 11.3 Å². The van der Waals surface area contributed by atoms with Crippen molar-refractivity contribution < 1.29 is 4.79 Å². The zero-order valence-electron chi connectivity index (χ0n) is 17.6. The van der Waals surface area contributed by atoms with Crippen LogP contribution in [0.5, 0.6) is 0 Å². The van der Waals surface area contributed by atoms with Crippen molar-refractivity contribution in [1.82, 2.24) is 20.1 Å². The first kappa shape index (κ1) is 18.9. The second-order valence-corrected chi connectivity index (χ2v) is 10.7. The summed E-state index contributed by atoms with van der Waals surface area (Å²) in [6.45, 7) is 4.65. The number of carbonyl (C=O) groups excluding carboxylic acids is 1. The Kier molecular flexibility index (Phi) is 4.57. The topological polar surface area (TPSA) is 64.8 Å². The minimum Gasteiger partial charge on any atom is -0.352 e. The van der Waals surface area contributed by atoms with Gasteiger partial charge in [-0.25, -0.2) is 0 Å². The second-order valence-electron chi connectivity index (χ2n) is 9.65. The number of hydrogen-bond donors (Lipinski definition) is 2. The van der Waals surface area contributed by atoms with E-state index < -0.39 is 0 Å². The maximum Gasteiger partial charge on any atom is 0.264 e. The average molecular weight is 411 g/mol. The Morgan fingerprint density at radius 1 is 1.24 bits per heavy atom. The summed E-state index contributed by atoms with van der Waals surface area (Å²) in [4.78, 5) is 19.3. The standard InChI is InChI=1S/C23H30N4OS/c1-23(2)10-9-15-18(13-23)25-26-21(15)17-12-19-16(24-17)11-20(29-19)22(28)27(3)14-7-5-4-6-8-14/h11-12,14,24H,4-10,13H2,1-3H3,(H,25,26). The van der Waals surface area contributed by atoms with Crippen LogP contribution in [-0.2, 0) is 12.8 Å². The van der Waals surface area contributed by atoms with Crippen molar-refractivity contribution in [1.29, 1.82) is 0 Å². The van der Waals surface area contributed by atoms with Crippen LogP contribution < -0.4 is 0 Å². The van der Waals surface area contributed by atoms with Gasteiger partial charge >= 0.3 is 0 Å². The molecule has 6 heteroatoms. The molecule has 1 fully saturated rings. The number of rotatable bonds is 3. The molecule has 1 saturated carbocycles. The molecule has 3 aromatic rings. The minimum atomic E-state index is 0.160. The fourth-order valence-corrected chi connectivity index (χ4v) is 6.07. The van der Waals surface area contributed by atoms with E-state index in [0.717, 1.165) is 52.2 Å². The van der Waals surface area contributed by atoms with Crippen molar-refractivity contribution >= 4 is 27.5 Å². The van der Waals surface area contributed by atoms with E-state index in [-0.39, 0.29) is 5.91 Å². The van der Waals surface area contributed by atoms with Crippen LogP contribution in [-0.4, -0.2) is 39.1 Å². The van der Waals surface area contributed by atoms with Gasteiger partial charge in [0, 0.05) is 24.3 Å². The number of aromatic amines is 2. The first-order valence-electron chi connectivity index (χ1n) is 10.9. The minimum absolute atomic E-state index is 0.160. The lowest BCUT2D eigenvalue weighted by Crippen LogP contribution is -2.37. The van der Waals surface area contributed by atoms with Crippen molar-refractivity contribution in [2.75, 3.05) is 7.05 Å². The molecule has 0 radical (unpaired) electrons. The molecule has 0 unspecified atom stereocenters. The third-order valence-corrected chi connectivity index (χ3v) is 7.94.